The maximum absolute atomic E-state index is 13.6. The van der Waals surface area contributed by atoms with Crippen LogP contribution in [0.15, 0.2) is 24.3 Å². The number of hydrogen-bond donors (Lipinski definition) is 0. The highest BCUT2D eigenvalue weighted by atomic mass is 19.1. The first kappa shape index (κ1) is 14.8. The number of rotatable bonds is 5. The average Bonchev–Trinajstić information content (AvgIpc) is 3.03. The molecule has 0 spiro atoms. The second kappa shape index (κ2) is 6.36. The van der Waals surface area contributed by atoms with Gasteiger partial charge in [0.25, 0.3) is 0 Å². The van der Waals surface area contributed by atoms with E-state index in [1.807, 2.05) is 6.92 Å². The fourth-order valence-corrected chi connectivity index (χ4v) is 2.71. The molecule has 0 N–H and O–H groups in total. The van der Waals surface area contributed by atoms with Crippen molar-refractivity contribution in [1.82, 2.24) is 0 Å². The number of ether oxygens (including phenoxy) is 4. The Morgan fingerprint density at radius 1 is 1.19 bits per heavy atom. The minimum absolute atomic E-state index is 0.115. The normalized spacial score (nSPS) is 35.1. The third kappa shape index (κ3) is 2.94. The van der Waals surface area contributed by atoms with Crippen LogP contribution in [0.4, 0.5) is 8.78 Å². The quantitative estimate of drug-likeness (QED) is 0.837. The lowest BCUT2D eigenvalue weighted by Gasteiger charge is -2.22. The lowest BCUT2D eigenvalue weighted by Crippen LogP contribution is -2.35. The van der Waals surface area contributed by atoms with Crippen molar-refractivity contribution in [2.75, 3.05) is 6.67 Å². The monoisotopic (exact) mass is 300 g/mol. The average molecular weight is 300 g/mol. The Bertz CT molecular complexity index is 484. The van der Waals surface area contributed by atoms with Gasteiger partial charge in [0.15, 0.2) is 12.6 Å². The summed E-state index contributed by atoms with van der Waals surface area (Å²) in [5.74, 6) is -0.314. The summed E-state index contributed by atoms with van der Waals surface area (Å²) in [7, 11) is 0. The molecule has 1 unspecified atom stereocenters. The first-order valence-electron chi connectivity index (χ1n) is 7.10. The molecule has 0 aliphatic carbocycles. The molecule has 2 heterocycles. The van der Waals surface area contributed by atoms with E-state index in [9.17, 15) is 8.78 Å². The lowest BCUT2D eigenvalue weighted by molar-refractivity contribution is -0.178. The van der Waals surface area contributed by atoms with E-state index in [1.54, 1.807) is 18.2 Å². The van der Waals surface area contributed by atoms with Crippen LogP contribution in [0, 0.1) is 5.82 Å². The van der Waals surface area contributed by atoms with Gasteiger partial charge in [-0.05, 0) is 12.5 Å². The number of benzene rings is 1. The first-order valence-corrected chi connectivity index (χ1v) is 7.10. The predicted molar refractivity (Wildman–Crippen MR) is 69.7 cm³/mol. The molecule has 1 aromatic rings. The van der Waals surface area contributed by atoms with E-state index in [4.69, 9.17) is 18.9 Å². The Morgan fingerprint density at radius 3 is 2.71 bits per heavy atom. The third-order valence-electron chi connectivity index (χ3n) is 3.78. The molecule has 3 rings (SSSR count). The predicted octanol–water partition coefficient (Wildman–Crippen LogP) is 2.56. The van der Waals surface area contributed by atoms with Crippen LogP contribution in [0.3, 0.4) is 0 Å². The maximum Gasteiger partial charge on any atom is 0.190 e. The van der Waals surface area contributed by atoms with Crippen molar-refractivity contribution < 1.29 is 27.7 Å². The molecule has 4 nitrogen and oxygen atoms in total. The van der Waals surface area contributed by atoms with Crippen LogP contribution in [-0.4, -0.2) is 37.6 Å². The van der Waals surface area contributed by atoms with Gasteiger partial charge in [0.1, 0.15) is 24.7 Å². The van der Waals surface area contributed by atoms with Crippen molar-refractivity contribution in [3.05, 3.63) is 35.6 Å². The van der Waals surface area contributed by atoms with Gasteiger partial charge in [-0.1, -0.05) is 25.1 Å². The lowest BCUT2D eigenvalue weighted by atomic mass is 10.1. The van der Waals surface area contributed by atoms with Crippen LogP contribution in [0.1, 0.15) is 18.9 Å². The third-order valence-corrected chi connectivity index (χ3v) is 3.78. The van der Waals surface area contributed by atoms with Crippen molar-refractivity contribution in [2.24, 2.45) is 0 Å². The first-order chi connectivity index (χ1) is 10.2. The van der Waals surface area contributed by atoms with Crippen LogP contribution in [0.2, 0.25) is 0 Å². The minimum Gasteiger partial charge on any atom is -0.368 e. The van der Waals surface area contributed by atoms with E-state index in [0.717, 1.165) is 0 Å². The maximum atomic E-state index is 13.6. The second-order valence-corrected chi connectivity index (χ2v) is 5.14. The Kier molecular flexibility index (Phi) is 4.49. The molecule has 116 valence electrons. The van der Waals surface area contributed by atoms with Gasteiger partial charge in [-0.2, -0.15) is 0 Å². The van der Waals surface area contributed by atoms with Crippen LogP contribution >= 0.6 is 0 Å². The molecule has 0 amide bonds. The molecule has 6 heteroatoms. The topological polar surface area (TPSA) is 36.9 Å². The largest absolute Gasteiger partial charge is 0.368 e. The van der Waals surface area contributed by atoms with Gasteiger partial charge in [0.2, 0.25) is 0 Å². The standard InChI is InChI=1S/C15H18F2O4/c1-2-11-13(14-15(19-11)21-12(7-16)20-14)18-8-9-5-3-4-6-10(9)17/h3-6,11-15H,2,7-8H2,1H3/t11-,12?,13+,14-,15-/m1/s1. The van der Waals surface area contributed by atoms with E-state index in [2.05, 4.69) is 0 Å². The summed E-state index contributed by atoms with van der Waals surface area (Å²) in [6.45, 7) is 1.34. The fourth-order valence-electron chi connectivity index (χ4n) is 2.71. The Labute approximate surface area is 121 Å². The summed E-state index contributed by atoms with van der Waals surface area (Å²) in [6, 6.07) is 6.43. The molecule has 2 fully saturated rings. The fraction of sp³-hybridized carbons (Fsp3) is 0.600. The zero-order chi connectivity index (χ0) is 14.8. The highest BCUT2D eigenvalue weighted by molar-refractivity contribution is 5.16. The van der Waals surface area contributed by atoms with Gasteiger partial charge in [-0.3, -0.25) is 0 Å². The zero-order valence-corrected chi connectivity index (χ0v) is 11.7. The summed E-state index contributed by atoms with van der Waals surface area (Å²) in [4.78, 5) is 0. The van der Waals surface area contributed by atoms with Crippen LogP contribution in [0.25, 0.3) is 0 Å². The molecular formula is C15H18F2O4. The van der Waals surface area contributed by atoms with E-state index in [-0.39, 0.29) is 18.5 Å². The number of halogens is 2. The van der Waals surface area contributed by atoms with Crippen molar-refractivity contribution in [2.45, 2.75) is 50.8 Å². The highest BCUT2D eigenvalue weighted by Gasteiger charge is 2.52. The second-order valence-electron chi connectivity index (χ2n) is 5.14. The van der Waals surface area contributed by atoms with Gasteiger partial charge in [-0.15, -0.1) is 0 Å². The molecule has 1 aromatic carbocycles. The molecule has 2 aliphatic heterocycles. The summed E-state index contributed by atoms with van der Waals surface area (Å²) in [5, 5.41) is 0. The van der Waals surface area contributed by atoms with Crippen molar-refractivity contribution in [1.29, 1.82) is 0 Å². The van der Waals surface area contributed by atoms with E-state index in [1.165, 1.54) is 6.07 Å². The minimum atomic E-state index is -0.905. The molecule has 5 atom stereocenters. The van der Waals surface area contributed by atoms with Gasteiger partial charge >= 0.3 is 0 Å². The van der Waals surface area contributed by atoms with Gasteiger partial charge < -0.3 is 18.9 Å². The molecule has 2 saturated heterocycles. The van der Waals surface area contributed by atoms with Crippen LogP contribution in [-0.2, 0) is 25.6 Å². The SMILES string of the molecule is CC[C@H]1O[C@@H]2OC(CF)O[C@@H]2[C@H]1OCc1ccccc1F. The highest BCUT2D eigenvalue weighted by Crippen LogP contribution is 2.35. The van der Waals surface area contributed by atoms with E-state index in [0.29, 0.717) is 12.0 Å². The smallest absolute Gasteiger partial charge is 0.190 e. The van der Waals surface area contributed by atoms with Crippen molar-refractivity contribution >= 4 is 0 Å². The molecule has 0 bridgehead atoms. The summed E-state index contributed by atoms with van der Waals surface area (Å²) in [6.07, 6.45) is -1.87. The Hall–Kier alpha value is -1.08. The Balaban J connectivity index is 1.66. The molecule has 0 aromatic heterocycles. The van der Waals surface area contributed by atoms with Crippen LogP contribution < -0.4 is 0 Å². The van der Waals surface area contributed by atoms with E-state index < -0.39 is 31.5 Å². The summed E-state index contributed by atoms with van der Waals surface area (Å²) >= 11 is 0. The Morgan fingerprint density at radius 2 is 2.00 bits per heavy atom. The van der Waals surface area contributed by atoms with E-state index >= 15 is 0 Å². The van der Waals surface area contributed by atoms with Gasteiger partial charge in [0.05, 0.1) is 12.7 Å². The number of hydrogen-bond acceptors (Lipinski definition) is 4. The molecule has 21 heavy (non-hydrogen) atoms. The summed E-state index contributed by atoms with van der Waals surface area (Å²) < 4.78 is 48.4. The zero-order valence-electron chi connectivity index (χ0n) is 11.7. The van der Waals surface area contributed by atoms with Gasteiger partial charge in [0, 0.05) is 5.56 Å². The molecular weight excluding hydrogens is 282 g/mol. The number of fused-ring (bicyclic) bond motifs is 1. The summed E-state index contributed by atoms with van der Waals surface area (Å²) in [5.41, 5.74) is 0.469. The molecule has 0 radical (unpaired) electrons. The van der Waals surface area contributed by atoms with Crippen LogP contribution in [0.5, 0.6) is 0 Å². The van der Waals surface area contributed by atoms with Crippen molar-refractivity contribution in [3.63, 3.8) is 0 Å². The van der Waals surface area contributed by atoms with Crippen molar-refractivity contribution in [3.8, 4) is 0 Å². The number of alkyl halides is 1. The molecule has 0 saturated carbocycles. The molecule has 2 aliphatic rings. The van der Waals surface area contributed by atoms with Gasteiger partial charge in [-0.25, -0.2) is 8.78 Å².